The van der Waals surface area contributed by atoms with E-state index in [1.165, 1.54) is 12.8 Å². The van der Waals surface area contributed by atoms with Crippen molar-refractivity contribution in [2.45, 2.75) is 45.6 Å². The van der Waals surface area contributed by atoms with Gasteiger partial charge in [0.25, 0.3) is 0 Å². The lowest BCUT2D eigenvalue weighted by Crippen LogP contribution is -2.37. The molecule has 1 aliphatic rings. The summed E-state index contributed by atoms with van der Waals surface area (Å²) < 4.78 is 5.62. The van der Waals surface area contributed by atoms with Gasteiger partial charge < -0.3 is 15.4 Å². The molecule has 0 aromatic carbocycles. The van der Waals surface area contributed by atoms with Gasteiger partial charge in [0.2, 0.25) is 5.91 Å². The predicted molar refractivity (Wildman–Crippen MR) is 68.9 cm³/mol. The van der Waals surface area contributed by atoms with E-state index < -0.39 is 0 Å². The fourth-order valence-corrected chi connectivity index (χ4v) is 2.02. The number of ether oxygens (including phenoxy) is 1. The Morgan fingerprint density at radius 3 is 2.94 bits per heavy atom. The van der Waals surface area contributed by atoms with E-state index in [0.29, 0.717) is 6.10 Å². The minimum absolute atomic E-state index is 0.0437. The van der Waals surface area contributed by atoms with Crippen LogP contribution in [0.1, 0.15) is 39.5 Å². The molecule has 17 heavy (non-hydrogen) atoms. The van der Waals surface area contributed by atoms with Crippen LogP contribution in [-0.4, -0.2) is 38.3 Å². The van der Waals surface area contributed by atoms with Crippen LogP contribution in [0.5, 0.6) is 0 Å². The molecule has 0 aromatic rings. The summed E-state index contributed by atoms with van der Waals surface area (Å²) in [5, 5.41) is 6.16. The first kappa shape index (κ1) is 14.5. The van der Waals surface area contributed by atoms with E-state index in [-0.39, 0.29) is 11.8 Å². The summed E-state index contributed by atoms with van der Waals surface area (Å²) in [5.74, 6) is 0.184. The maximum atomic E-state index is 11.7. The minimum Gasteiger partial charge on any atom is -0.378 e. The molecule has 4 nitrogen and oxygen atoms in total. The minimum atomic E-state index is 0.0437. The Kier molecular flexibility index (Phi) is 7.21. The molecule has 1 amide bonds. The average Bonchev–Trinajstić information content (AvgIpc) is 2.37. The highest BCUT2D eigenvalue weighted by molar-refractivity contribution is 5.78. The Bertz CT molecular complexity index is 215. The van der Waals surface area contributed by atoms with E-state index in [9.17, 15) is 4.79 Å². The van der Waals surface area contributed by atoms with Crippen molar-refractivity contribution < 1.29 is 9.53 Å². The van der Waals surface area contributed by atoms with Crippen LogP contribution in [-0.2, 0) is 9.53 Å². The highest BCUT2D eigenvalue weighted by atomic mass is 16.5. The molecule has 1 fully saturated rings. The number of hydrogen-bond acceptors (Lipinski definition) is 3. The summed E-state index contributed by atoms with van der Waals surface area (Å²) in [6.07, 6.45) is 4.88. The van der Waals surface area contributed by atoms with Crippen molar-refractivity contribution in [3.63, 3.8) is 0 Å². The molecule has 0 radical (unpaired) electrons. The van der Waals surface area contributed by atoms with E-state index in [4.69, 9.17) is 4.74 Å². The molecule has 0 bridgehead atoms. The molecule has 0 saturated carbocycles. The third-order valence-electron chi connectivity index (χ3n) is 3.19. The Morgan fingerprint density at radius 1 is 1.47 bits per heavy atom. The third-order valence-corrected chi connectivity index (χ3v) is 3.19. The molecule has 0 aromatic heterocycles. The van der Waals surface area contributed by atoms with Gasteiger partial charge >= 0.3 is 0 Å². The van der Waals surface area contributed by atoms with Gasteiger partial charge in [0.05, 0.1) is 6.10 Å². The SMILES string of the molecule is CCNCC(C)C(=O)NCCC1CCCCO1. The van der Waals surface area contributed by atoms with Crippen LogP contribution in [0.3, 0.4) is 0 Å². The van der Waals surface area contributed by atoms with Crippen molar-refractivity contribution in [2.75, 3.05) is 26.2 Å². The Balaban J connectivity index is 2.06. The summed E-state index contributed by atoms with van der Waals surface area (Å²) >= 11 is 0. The molecule has 1 aliphatic heterocycles. The molecule has 0 aliphatic carbocycles. The lowest BCUT2D eigenvalue weighted by Gasteiger charge is -2.22. The van der Waals surface area contributed by atoms with Crippen molar-refractivity contribution >= 4 is 5.91 Å². The highest BCUT2D eigenvalue weighted by Crippen LogP contribution is 2.14. The molecule has 1 heterocycles. The number of carbonyl (C=O) groups excluding carboxylic acids is 1. The van der Waals surface area contributed by atoms with Gasteiger partial charge in [0, 0.05) is 25.6 Å². The number of hydrogen-bond donors (Lipinski definition) is 2. The maximum Gasteiger partial charge on any atom is 0.224 e. The van der Waals surface area contributed by atoms with Crippen LogP contribution in [0.25, 0.3) is 0 Å². The number of carbonyl (C=O) groups is 1. The summed E-state index contributed by atoms with van der Waals surface area (Å²) in [7, 11) is 0. The average molecular weight is 242 g/mol. The quantitative estimate of drug-likeness (QED) is 0.707. The fraction of sp³-hybridized carbons (Fsp3) is 0.923. The van der Waals surface area contributed by atoms with Gasteiger partial charge in [-0.1, -0.05) is 13.8 Å². The van der Waals surface area contributed by atoms with E-state index in [1.54, 1.807) is 0 Å². The van der Waals surface area contributed by atoms with E-state index in [0.717, 1.165) is 39.1 Å². The van der Waals surface area contributed by atoms with Crippen LogP contribution in [0.4, 0.5) is 0 Å². The first-order chi connectivity index (χ1) is 8.24. The van der Waals surface area contributed by atoms with Crippen molar-refractivity contribution in [3.05, 3.63) is 0 Å². The molecule has 4 heteroatoms. The van der Waals surface area contributed by atoms with Crippen LogP contribution in [0.15, 0.2) is 0 Å². The summed E-state index contributed by atoms with van der Waals surface area (Å²) in [6.45, 7) is 7.28. The third kappa shape index (κ3) is 6.03. The van der Waals surface area contributed by atoms with E-state index >= 15 is 0 Å². The topological polar surface area (TPSA) is 50.4 Å². The molecule has 100 valence electrons. The van der Waals surface area contributed by atoms with Crippen molar-refractivity contribution in [2.24, 2.45) is 5.92 Å². The summed E-state index contributed by atoms with van der Waals surface area (Å²) in [5.41, 5.74) is 0. The Hall–Kier alpha value is -0.610. The van der Waals surface area contributed by atoms with Gasteiger partial charge in [0.1, 0.15) is 0 Å². The molecule has 2 unspecified atom stereocenters. The van der Waals surface area contributed by atoms with E-state index in [1.807, 2.05) is 13.8 Å². The molecule has 1 saturated heterocycles. The molecular formula is C13H26N2O2. The molecule has 2 N–H and O–H groups in total. The smallest absolute Gasteiger partial charge is 0.224 e. The molecule has 0 spiro atoms. The second kappa shape index (κ2) is 8.48. The Labute approximate surface area is 104 Å². The van der Waals surface area contributed by atoms with Crippen LogP contribution < -0.4 is 10.6 Å². The van der Waals surface area contributed by atoms with Crippen LogP contribution in [0.2, 0.25) is 0 Å². The summed E-state index contributed by atoms with van der Waals surface area (Å²) in [4.78, 5) is 11.7. The first-order valence-electron chi connectivity index (χ1n) is 6.84. The molecule has 2 atom stereocenters. The van der Waals surface area contributed by atoms with Crippen molar-refractivity contribution in [3.8, 4) is 0 Å². The first-order valence-corrected chi connectivity index (χ1v) is 6.84. The predicted octanol–water partition coefficient (Wildman–Crippen LogP) is 1.31. The lowest BCUT2D eigenvalue weighted by atomic mass is 10.1. The standard InChI is InChI=1S/C13H26N2O2/c1-3-14-10-11(2)13(16)15-8-7-12-6-4-5-9-17-12/h11-12,14H,3-10H2,1-2H3,(H,15,16). The van der Waals surface area contributed by atoms with Gasteiger partial charge in [-0.05, 0) is 32.2 Å². The zero-order valence-corrected chi connectivity index (χ0v) is 11.1. The largest absolute Gasteiger partial charge is 0.378 e. The van der Waals surface area contributed by atoms with Crippen LogP contribution in [0, 0.1) is 5.92 Å². The monoisotopic (exact) mass is 242 g/mol. The zero-order chi connectivity index (χ0) is 12.5. The normalized spacial score (nSPS) is 22.1. The second-order valence-corrected chi connectivity index (χ2v) is 4.78. The van der Waals surface area contributed by atoms with Crippen molar-refractivity contribution in [1.82, 2.24) is 10.6 Å². The number of nitrogens with one attached hydrogen (secondary N) is 2. The van der Waals surface area contributed by atoms with Gasteiger partial charge in [-0.3, -0.25) is 4.79 Å². The fourth-order valence-electron chi connectivity index (χ4n) is 2.02. The Morgan fingerprint density at radius 2 is 2.29 bits per heavy atom. The van der Waals surface area contributed by atoms with Gasteiger partial charge in [-0.15, -0.1) is 0 Å². The van der Waals surface area contributed by atoms with Gasteiger partial charge in [0.15, 0.2) is 0 Å². The molecule has 1 rings (SSSR count). The highest BCUT2D eigenvalue weighted by Gasteiger charge is 2.15. The number of amides is 1. The number of rotatable bonds is 7. The van der Waals surface area contributed by atoms with E-state index in [2.05, 4.69) is 10.6 Å². The maximum absolute atomic E-state index is 11.7. The van der Waals surface area contributed by atoms with Gasteiger partial charge in [-0.2, -0.15) is 0 Å². The summed E-state index contributed by atoms with van der Waals surface area (Å²) in [6, 6.07) is 0. The molecular weight excluding hydrogens is 216 g/mol. The van der Waals surface area contributed by atoms with Crippen LogP contribution >= 0.6 is 0 Å². The zero-order valence-electron chi connectivity index (χ0n) is 11.1. The van der Waals surface area contributed by atoms with Gasteiger partial charge in [-0.25, -0.2) is 0 Å². The van der Waals surface area contributed by atoms with Crippen molar-refractivity contribution in [1.29, 1.82) is 0 Å². The lowest BCUT2D eigenvalue weighted by molar-refractivity contribution is -0.124. The second-order valence-electron chi connectivity index (χ2n) is 4.78.